The molecule has 1 aliphatic rings. The average molecular weight is 441 g/mol. The van der Waals surface area contributed by atoms with E-state index in [0.29, 0.717) is 47.9 Å². The van der Waals surface area contributed by atoms with Gasteiger partial charge < -0.3 is 20.1 Å². The first kappa shape index (κ1) is 22.1. The van der Waals surface area contributed by atoms with Crippen molar-refractivity contribution in [2.24, 2.45) is 0 Å². The predicted octanol–water partition coefficient (Wildman–Crippen LogP) is 4.51. The number of nitrogens with one attached hydrogen (secondary N) is 2. The zero-order chi connectivity index (χ0) is 23.0. The molecule has 0 saturated carbocycles. The molecule has 0 aliphatic carbocycles. The molecule has 33 heavy (non-hydrogen) atoms. The third-order valence-electron chi connectivity index (χ3n) is 5.17. The van der Waals surface area contributed by atoms with Gasteiger partial charge in [0.15, 0.2) is 0 Å². The van der Waals surface area contributed by atoms with E-state index >= 15 is 0 Å². The van der Waals surface area contributed by atoms with Gasteiger partial charge in [-0.05, 0) is 60.9 Å². The lowest BCUT2D eigenvalue weighted by atomic mass is 10.1. The van der Waals surface area contributed by atoms with Gasteiger partial charge >= 0.3 is 0 Å². The van der Waals surface area contributed by atoms with Gasteiger partial charge in [0.25, 0.3) is 11.8 Å². The van der Waals surface area contributed by atoms with E-state index in [-0.39, 0.29) is 11.8 Å². The van der Waals surface area contributed by atoms with E-state index in [1.807, 2.05) is 12.1 Å². The van der Waals surface area contributed by atoms with Gasteiger partial charge in [0.05, 0.1) is 11.6 Å². The minimum absolute atomic E-state index is 0.199. The number of nitriles is 1. The maximum atomic E-state index is 12.7. The number of carbonyl (C=O) groups excluding carboxylic acids is 2. The van der Waals surface area contributed by atoms with E-state index in [1.54, 1.807) is 60.7 Å². The summed E-state index contributed by atoms with van der Waals surface area (Å²) in [5.41, 5.74) is 2.99. The molecule has 4 rings (SSSR count). The second-order valence-electron chi connectivity index (χ2n) is 7.65. The van der Waals surface area contributed by atoms with Gasteiger partial charge in [-0.25, -0.2) is 0 Å². The third kappa shape index (κ3) is 5.97. The van der Waals surface area contributed by atoms with Crippen LogP contribution in [0.15, 0.2) is 72.8 Å². The molecule has 0 radical (unpaired) electrons. The van der Waals surface area contributed by atoms with Crippen LogP contribution in [0.25, 0.3) is 0 Å². The standard InChI is InChI=1S/C26H23N3O4/c27-16-18-5-1-6-19(13-18)17-33-23-10-3-9-22(15-23)28-25(30)20-7-2-8-21(14-20)29-26(31)24-11-4-12-32-24/h1-3,5-10,13-15,24H,4,11-12,17H2,(H,28,30)(H,29,31). The molecule has 1 aliphatic heterocycles. The predicted molar refractivity (Wildman–Crippen MR) is 124 cm³/mol. The summed E-state index contributed by atoms with van der Waals surface area (Å²) in [5.74, 6) is 0.0880. The molecular weight excluding hydrogens is 418 g/mol. The van der Waals surface area contributed by atoms with Gasteiger partial charge in [0.2, 0.25) is 0 Å². The second kappa shape index (κ2) is 10.4. The average Bonchev–Trinajstić information content (AvgIpc) is 3.39. The minimum atomic E-state index is -0.437. The number of ether oxygens (including phenoxy) is 2. The molecule has 2 N–H and O–H groups in total. The summed E-state index contributed by atoms with van der Waals surface area (Å²) >= 11 is 0. The van der Waals surface area contributed by atoms with Crippen LogP contribution in [0.3, 0.4) is 0 Å². The highest BCUT2D eigenvalue weighted by Gasteiger charge is 2.23. The Bertz CT molecular complexity index is 1200. The zero-order valence-electron chi connectivity index (χ0n) is 17.9. The van der Waals surface area contributed by atoms with Gasteiger partial charge in [0.1, 0.15) is 18.5 Å². The van der Waals surface area contributed by atoms with Crippen LogP contribution < -0.4 is 15.4 Å². The third-order valence-corrected chi connectivity index (χ3v) is 5.17. The molecule has 3 aromatic rings. The fourth-order valence-corrected chi connectivity index (χ4v) is 3.51. The van der Waals surface area contributed by atoms with Gasteiger partial charge in [-0.1, -0.05) is 24.3 Å². The molecule has 0 bridgehead atoms. The van der Waals surface area contributed by atoms with Crippen molar-refractivity contribution in [3.05, 3.63) is 89.5 Å². The fraction of sp³-hybridized carbons (Fsp3) is 0.192. The summed E-state index contributed by atoms with van der Waals surface area (Å²) in [5, 5.41) is 14.7. The van der Waals surface area contributed by atoms with Gasteiger partial charge in [-0.3, -0.25) is 9.59 Å². The molecule has 1 fully saturated rings. The molecule has 2 amide bonds. The Kier molecular flexibility index (Phi) is 6.98. The van der Waals surface area contributed by atoms with E-state index in [2.05, 4.69) is 16.7 Å². The number of nitrogens with zero attached hydrogens (tertiary/aromatic N) is 1. The Morgan fingerprint density at radius 1 is 1.00 bits per heavy atom. The monoisotopic (exact) mass is 441 g/mol. The molecule has 1 atom stereocenters. The SMILES string of the molecule is N#Cc1cccc(COc2cccc(NC(=O)c3cccc(NC(=O)C4CCCO4)c3)c2)c1. The normalized spacial score (nSPS) is 14.8. The Morgan fingerprint density at radius 3 is 2.58 bits per heavy atom. The number of benzene rings is 3. The van der Waals surface area contributed by atoms with E-state index in [9.17, 15) is 9.59 Å². The number of carbonyl (C=O) groups is 2. The molecule has 1 unspecified atom stereocenters. The maximum Gasteiger partial charge on any atom is 0.255 e. The highest BCUT2D eigenvalue weighted by molar-refractivity contribution is 6.05. The van der Waals surface area contributed by atoms with Crippen molar-refractivity contribution < 1.29 is 19.1 Å². The Hall–Kier alpha value is -4.15. The number of rotatable bonds is 7. The van der Waals surface area contributed by atoms with Crippen molar-refractivity contribution >= 4 is 23.2 Å². The zero-order valence-corrected chi connectivity index (χ0v) is 17.9. The van der Waals surface area contributed by atoms with Crippen LogP contribution in [-0.2, 0) is 16.1 Å². The molecular formula is C26H23N3O4. The van der Waals surface area contributed by atoms with E-state index in [1.165, 1.54) is 0 Å². The number of amides is 2. The summed E-state index contributed by atoms with van der Waals surface area (Å²) in [7, 11) is 0. The highest BCUT2D eigenvalue weighted by atomic mass is 16.5. The number of hydrogen-bond donors (Lipinski definition) is 2. The summed E-state index contributed by atoms with van der Waals surface area (Å²) in [6, 6.07) is 23.2. The Balaban J connectivity index is 1.37. The lowest BCUT2D eigenvalue weighted by molar-refractivity contribution is -0.124. The quantitative estimate of drug-likeness (QED) is 0.562. The molecule has 7 nitrogen and oxygen atoms in total. The lowest BCUT2D eigenvalue weighted by Gasteiger charge is -2.12. The van der Waals surface area contributed by atoms with Gasteiger partial charge in [-0.15, -0.1) is 0 Å². The summed E-state index contributed by atoms with van der Waals surface area (Å²) in [6.07, 6.45) is 1.14. The minimum Gasteiger partial charge on any atom is -0.489 e. The van der Waals surface area contributed by atoms with Crippen molar-refractivity contribution in [1.29, 1.82) is 5.26 Å². The van der Waals surface area contributed by atoms with Crippen LogP contribution in [0.2, 0.25) is 0 Å². The molecule has 3 aromatic carbocycles. The van der Waals surface area contributed by atoms with Crippen molar-refractivity contribution in [3.63, 3.8) is 0 Å². The summed E-state index contributed by atoms with van der Waals surface area (Å²) in [6.45, 7) is 0.898. The lowest BCUT2D eigenvalue weighted by Crippen LogP contribution is -2.27. The Labute approximate surface area is 192 Å². The molecule has 0 spiro atoms. The summed E-state index contributed by atoms with van der Waals surface area (Å²) in [4.78, 5) is 25.0. The first-order chi connectivity index (χ1) is 16.1. The smallest absolute Gasteiger partial charge is 0.255 e. The van der Waals surface area contributed by atoms with Crippen LogP contribution in [-0.4, -0.2) is 24.5 Å². The van der Waals surface area contributed by atoms with Crippen LogP contribution in [0.4, 0.5) is 11.4 Å². The maximum absolute atomic E-state index is 12.7. The van der Waals surface area contributed by atoms with E-state index < -0.39 is 6.10 Å². The van der Waals surface area contributed by atoms with E-state index in [0.717, 1.165) is 12.0 Å². The fourth-order valence-electron chi connectivity index (χ4n) is 3.51. The van der Waals surface area contributed by atoms with Crippen LogP contribution in [0.1, 0.15) is 34.3 Å². The van der Waals surface area contributed by atoms with Crippen LogP contribution in [0, 0.1) is 11.3 Å². The first-order valence-corrected chi connectivity index (χ1v) is 10.7. The van der Waals surface area contributed by atoms with Crippen molar-refractivity contribution in [1.82, 2.24) is 0 Å². The number of anilines is 2. The van der Waals surface area contributed by atoms with Crippen molar-refractivity contribution in [2.45, 2.75) is 25.6 Å². The molecule has 166 valence electrons. The second-order valence-corrected chi connectivity index (χ2v) is 7.65. The molecule has 1 saturated heterocycles. The highest BCUT2D eigenvalue weighted by Crippen LogP contribution is 2.21. The van der Waals surface area contributed by atoms with Gasteiger partial charge in [-0.2, -0.15) is 5.26 Å². The van der Waals surface area contributed by atoms with Crippen LogP contribution >= 0.6 is 0 Å². The topological polar surface area (TPSA) is 100 Å². The molecule has 0 aromatic heterocycles. The largest absolute Gasteiger partial charge is 0.489 e. The van der Waals surface area contributed by atoms with Crippen molar-refractivity contribution in [2.75, 3.05) is 17.2 Å². The first-order valence-electron chi connectivity index (χ1n) is 10.7. The number of hydrogen-bond acceptors (Lipinski definition) is 5. The molecule has 1 heterocycles. The Morgan fingerprint density at radius 2 is 1.79 bits per heavy atom. The van der Waals surface area contributed by atoms with Gasteiger partial charge in [0, 0.05) is 29.6 Å². The summed E-state index contributed by atoms with van der Waals surface area (Å²) < 4.78 is 11.2. The van der Waals surface area contributed by atoms with E-state index in [4.69, 9.17) is 14.7 Å². The van der Waals surface area contributed by atoms with Crippen molar-refractivity contribution in [3.8, 4) is 11.8 Å². The molecule has 7 heteroatoms. The van der Waals surface area contributed by atoms with Crippen LogP contribution in [0.5, 0.6) is 5.75 Å².